The van der Waals surface area contributed by atoms with Crippen LogP contribution >= 0.6 is 11.8 Å². The van der Waals surface area contributed by atoms with Gasteiger partial charge in [0, 0.05) is 23.7 Å². The van der Waals surface area contributed by atoms with Gasteiger partial charge in [0.05, 0.1) is 0 Å². The van der Waals surface area contributed by atoms with Gasteiger partial charge in [0.15, 0.2) is 0 Å². The highest BCUT2D eigenvalue weighted by molar-refractivity contribution is 7.99. The Hall–Kier alpha value is -1.03. The number of aromatic nitrogens is 1. The first-order valence-corrected chi connectivity index (χ1v) is 8.52. The van der Waals surface area contributed by atoms with Gasteiger partial charge in [0.25, 0.3) is 0 Å². The third kappa shape index (κ3) is 9.84. The zero-order valence-corrected chi connectivity index (χ0v) is 12.9. The summed E-state index contributed by atoms with van der Waals surface area (Å²) in [6, 6.07) is 4.11. The molecule has 1 aromatic heterocycles. The van der Waals surface area contributed by atoms with E-state index in [0.29, 0.717) is 6.42 Å². The summed E-state index contributed by atoms with van der Waals surface area (Å²) >= 11 is 1.90. The van der Waals surface area contributed by atoms with E-state index < -0.39 is 5.97 Å². The third-order valence-corrected chi connectivity index (χ3v) is 4.30. The minimum Gasteiger partial charge on any atom is -0.481 e. The summed E-state index contributed by atoms with van der Waals surface area (Å²) in [5, 5.41) is 8.51. The first-order chi connectivity index (χ1) is 9.79. The van der Waals surface area contributed by atoms with E-state index in [-0.39, 0.29) is 0 Å². The zero-order valence-electron chi connectivity index (χ0n) is 12.1. The topological polar surface area (TPSA) is 50.2 Å². The minimum absolute atomic E-state index is 0.326. The second kappa shape index (κ2) is 11.8. The number of carboxylic acids is 1. The maximum atomic E-state index is 10.3. The van der Waals surface area contributed by atoms with Crippen molar-refractivity contribution < 1.29 is 9.90 Å². The van der Waals surface area contributed by atoms with E-state index in [1.807, 2.05) is 24.2 Å². The van der Waals surface area contributed by atoms with Crippen LogP contribution in [0, 0.1) is 0 Å². The van der Waals surface area contributed by atoms with Crippen LogP contribution in [0.5, 0.6) is 0 Å². The Morgan fingerprint density at radius 2 is 1.50 bits per heavy atom. The number of hydrogen-bond donors (Lipinski definition) is 1. The van der Waals surface area contributed by atoms with Gasteiger partial charge in [0.2, 0.25) is 0 Å². The summed E-state index contributed by atoms with van der Waals surface area (Å²) in [7, 11) is 0. The lowest BCUT2D eigenvalue weighted by molar-refractivity contribution is -0.137. The van der Waals surface area contributed by atoms with Gasteiger partial charge in [-0.3, -0.25) is 9.78 Å². The molecule has 0 saturated heterocycles. The Labute approximate surface area is 126 Å². The van der Waals surface area contributed by atoms with E-state index in [2.05, 4.69) is 17.1 Å². The Bertz CT molecular complexity index is 357. The molecule has 1 heterocycles. The summed E-state index contributed by atoms with van der Waals surface area (Å²) < 4.78 is 0. The van der Waals surface area contributed by atoms with Crippen LogP contribution in [0.2, 0.25) is 0 Å². The molecule has 1 N–H and O–H groups in total. The highest BCUT2D eigenvalue weighted by Crippen LogP contribution is 2.18. The lowest BCUT2D eigenvalue weighted by atomic mass is 10.1. The van der Waals surface area contributed by atoms with Gasteiger partial charge >= 0.3 is 5.97 Å². The normalized spacial score (nSPS) is 10.6. The molecule has 4 heteroatoms. The number of nitrogens with zero attached hydrogens (tertiary/aromatic N) is 1. The molecule has 1 rings (SSSR count). The Morgan fingerprint density at radius 1 is 0.950 bits per heavy atom. The van der Waals surface area contributed by atoms with Crippen molar-refractivity contribution in [3.8, 4) is 0 Å². The molecule has 20 heavy (non-hydrogen) atoms. The lowest BCUT2D eigenvalue weighted by Gasteiger charge is -2.02. The van der Waals surface area contributed by atoms with Crippen LogP contribution in [0.15, 0.2) is 29.4 Å². The summed E-state index contributed by atoms with van der Waals surface area (Å²) in [5.74, 6) is 0.513. The number of carbonyl (C=O) groups is 1. The predicted octanol–water partition coefficient (Wildman–Crippen LogP) is 4.77. The standard InChI is InChI=1S/C16H25NO2S/c18-16(19)9-7-5-3-1-2-4-6-8-14-20-15-10-12-17-13-11-15/h10-13H,1-9,14H2,(H,18,19). The van der Waals surface area contributed by atoms with Crippen LogP contribution in [0.25, 0.3) is 0 Å². The SMILES string of the molecule is O=C(O)CCCCCCCCCCSc1ccncc1. The van der Waals surface area contributed by atoms with Crippen molar-refractivity contribution in [3.05, 3.63) is 24.5 Å². The molecule has 0 saturated carbocycles. The van der Waals surface area contributed by atoms with E-state index in [1.165, 1.54) is 49.2 Å². The smallest absolute Gasteiger partial charge is 0.303 e. The van der Waals surface area contributed by atoms with Crippen LogP contribution in [0.3, 0.4) is 0 Å². The fourth-order valence-electron chi connectivity index (χ4n) is 2.06. The molecule has 0 aliphatic carbocycles. The van der Waals surface area contributed by atoms with Gasteiger partial charge in [-0.05, 0) is 30.7 Å². The highest BCUT2D eigenvalue weighted by Gasteiger charge is 1.97. The number of unbranched alkanes of at least 4 members (excludes halogenated alkanes) is 7. The predicted molar refractivity (Wildman–Crippen MR) is 84.1 cm³/mol. The van der Waals surface area contributed by atoms with Crippen molar-refractivity contribution in [2.24, 2.45) is 0 Å². The first kappa shape index (κ1) is 17.0. The number of thioether (sulfide) groups is 1. The molecular weight excluding hydrogens is 270 g/mol. The number of carboxylic acid groups (broad SMARTS) is 1. The summed E-state index contributed by atoms with van der Waals surface area (Å²) in [6.45, 7) is 0. The van der Waals surface area contributed by atoms with Crippen molar-refractivity contribution in [3.63, 3.8) is 0 Å². The van der Waals surface area contributed by atoms with Crippen molar-refractivity contribution >= 4 is 17.7 Å². The molecule has 0 fully saturated rings. The molecule has 1 aromatic rings. The highest BCUT2D eigenvalue weighted by atomic mass is 32.2. The molecule has 0 amide bonds. The fraction of sp³-hybridized carbons (Fsp3) is 0.625. The summed E-state index contributed by atoms with van der Waals surface area (Å²) in [6.07, 6.45) is 13.5. The molecule has 3 nitrogen and oxygen atoms in total. The molecule has 0 aliphatic rings. The third-order valence-electron chi connectivity index (χ3n) is 3.20. The molecule has 0 spiro atoms. The van der Waals surface area contributed by atoms with Crippen molar-refractivity contribution in [1.82, 2.24) is 4.98 Å². The van der Waals surface area contributed by atoms with Crippen LogP contribution in [0.4, 0.5) is 0 Å². The monoisotopic (exact) mass is 295 g/mol. The molecular formula is C16H25NO2S. The molecule has 0 aliphatic heterocycles. The first-order valence-electron chi connectivity index (χ1n) is 7.53. The minimum atomic E-state index is -0.670. The second-order valence-electron chi connectivity index (χ2n) is 5.00. The van der Waals surface area contributed by atoms with E-state index in [9.17, 15) is 4.79 Å². The second-order valence-corrected chi connectivity index (χ2v) is 6.17. The van der Waals surface area contributed by atoms with E-state index >= 15 is 0 Å². The largest absolute Gasteiger partial charge is 0.481 e. The fourth-order valence-corrected chi connectivity index (χ4v) is 2.96. The molecule has 0 aromatic carbocycles. The van der Waals surface area contributed by atoms with Gasteiger partial charge in [-0.1, -0.05) is 38.5 Å². The van der Waals surface area contributed by atoms with Crippen molar-refractivity contribution in [2.45, 2.75) is 62.7 Å². The number of aliphatic carboxylic acids is 1. The van der Waals surface area contributed by atoms with E-state index in [0.717, 1.165) is 12.8 Å². The van der Waals surface area contributed by atoms with Gasteiger partial charge in [-0.25, -0.2) is 0 Å². The maximum absolute atomic E-state index is 10.3. The summed E-state index contributed by atoms with van der Waals surface area (Å²) in [5.41, 5.74) is 0. The van der Waals surface area contributed by atoms with E-state index in [4.69, 9.17) is 5.11 Å². The maximum Gasteiger partial charge on any atom is 0.303 e. The average molecular weight is 295 g/mol. The Balaban J connectivity index is 1.80. The lowest BCUT2D eigenvalue weighted by Crippen LogP contribution is -1.93. The van der Waals surface area contributed by atoms with Gasteiger partial charge in [-0.2, -0.15) is 0 Å². The van der Waals surface area contributed by atoms with Crippen molar-refractivity contribution in [1.29, 1.82) is 0 Å². The zero-order chi connectivity index (χ0) is 14.5. The van der Waals surface area contributed by atoms with Crippen molar-refractivity contribution in [2.75, 3.05) is 5.75 Å². The summed E-state index contributed by atoms with van der Waals surface area (Å²) in [4.78, 5) is 15.6. The van der Waals surface area contributed by atoms with Crippen LogP contribution in [-0.2, 0) is 4.79 Å². The van der Waals surface area contributed by atoms with E-state index in [1.54, 1.807) is 0 Å². The molecule has 0 atom stereocenters. The van der Waals surface area contributed by atoms with Crippen LogP contribution in [0.1, 0.15) is 57.8 Å². The Kier molecular flexibility index (Phi) is 10.0. The molecule has 0 radical (unpaired) electrons. The molecule has 0 unspecified atom stereocenters. The number of hydrogen-bond acceptors (Lipinski definition) is 3. The van der Waals surface area contributed by atoms with Crippen LogP contribution < -0.4 is 0 Å². The van der Waals surface area contributed by atoms with Gasteiger partial charge in [-0.15, -0.1) is 11.8 Å². The molecule has 112 valence electrons. The van der Waals surface area contributed by atoms with Gasteiger partial charge in [0.1, 0.15) is 0 Å². The average Bonchev–Trinajstić information content (AvgIpc) is 2.45. The van der Waals surface area contributed by atoms with Crippen LogP contribution in [-0.4, -0.2) is 21.8 Å². The Morgan fingerprint density at radius 3 is 2.10 bits per heavy atom. The molecule has 0 bridgehead atoms. The van der Waals surface area contributed by atoms with Gasteiger partial charge < -0.3 is 5.11 Å². The number of rotatable bonds is 12. The quantitative estimate of drug-likeness (QED) is 0.446. The number of pyridine rings is 1.